The van der Waals surface area contributed by atoms with E-state index in [0.717, 1.165) is 5.69 Å². The molecule has 9 heteroatoms. The molecule has 0 bridgehead atoms. The van der Waals surface area contributed by atoms with E-state index in [1.165, 1.54) is 0 Å². The monoisotopic (exact) mass is 425 g/mol. The fourth-order valence-corrected chi connectivity index (χ4v) is 4.19. The Hall–Kier alpha value is -1.56. The Morgan fingerprint density at radius 2 is 1.92 bits per heavy atom. The van der Waals surface area contributed by atoms with Crippen molar-refractivity contribution in [2.45, 2.75) is 6.92 Å². The van der Waals surface area contributed by atoms with Crippen LogP contribution in [0.25, 0.3) is 11.0 Å². The molecule has 0 aliphatic rings. The van der Waals surface area contributed by atoms with Crippen LogP contribution in [0.2, 0.25) is 5.28 Å². The molecule has 0 radical (unpaired) electrons. The summed E-state index contributed by atoms with van der Waals surface area (Å²) in [6, 6.07) is 3.67. The van der Waals surface area contributed by atoms with Crippen LogP contribution >= 0.6 is 34.7 Å². The van der Waals surface area contributed by atoms with Crippen molar-refractivity contribution in [2.24, 2.45) is 0 Å². The summed E-state index contributed by atoms with van der Waals surface area (Å²) in [7, 11) is -2.64. The Balaban J connectivity index is 2.22. The maximum absolute atomic E-state index is 12.9. The van der Waals surface area contributed by atoms with Crippen molar-refractivity contribution in [3.63, 3.8) is 0 Å². The lowest BCUT2D eigenvalue weighted by molar-refractivity contribution is 0.588. The quantitative estimate of drug-likeness (QED) is 0.501. The lowest BCUT2D eigenvalue weighted by Crippen LogP contribution is -2.14. The van der Waals surface area contributed by atoms with Crippen LogP contribution in [0.5, 0.6) is 0 Å². The lowest BCUT2D eigenvalue weighted by Gasteiger charge is -2.17. The van der Waals surface area contributed by atoms with Crippen molar-refractivity contribution in [2.75, 3.05) is 18.6 Å². The van der Waals surface area contributed by atoms with E-state index in [1.807, 2.05) is 19.1 Å². The summed E-state index contributed by atoms with van der Waals surface area (Å²) in [5.74, 6) is 0.490. The van der Waals surface area contributed by atoms with Crippen LogP contribution in [-0.2, 0) is 4.57 Å². The average molecular weight is 427 g/mol. The fourth-order valence-electron chi connectivity index (χ4n) is 2.37. The number of nitrogens with zero attached hydrogens (tertiary/aromatic N) is 4. The molecule has 3 rings (SSSR count). The van der Waals surface area contributed by atoms with E-state index >= 15 is 0 Å². The second-order valence-electron chi connectivity index (χ2n) is 5.65. The SMILES string of the molecule is Cc1cnc2c(P(C)(C)=O)c(Nc3nc(Cl)ncc3Br)ccc2n1. The molecule has 0 saturated carbocycles. The molecule has 3 aromatic rings. The minimum absolute atomic E-state index is 0.120. The second kappa shape index (κ2) is 6.39. The molecule has 0 spiro atoms. The highest BCUT2D eigenvalue weighted by molar-refractivity contribution is 9.10. The molecule has 0 amide bonds. The summed E-state index contributed by atoms with van der Waals surface area (Å²) >= 11 is 9.24. The van der Waals surface area contributed by atoms with E-state index in [-0.39, 0.29) is 5.28 Å². The Morgan fingerprint density at radius 3 is 2.62 bits per heavy atom. The number of hydrogen-bond acceptors (Lipinski definition) is 6. The van der Waals surface area contributed by atoms with Crippen LogP contribution in [0.4, 0.5) is 11.5 Å². The Kier molecular flexibility index (Phi) is 4.60. The summed E-state index contributed by atoms with van der Waals surface area (Å²) in [6.07, 6.45) is 3.22. The van der Waals surface area contributed by atoms with Gasteiger partial charge in [0.1, 0.15) is 18.5 Å². The highest BCUT2D eigenvalue weighted by atomic mass is 79.9. The van der Waals surface area contributed by atoms with Crippen LogP contribution < -0.4 is 10.6 Å². The van der Waals surface area contributed by atoms with E-state index in [9.17, 15) is 4.57 Å². The van der Waals surface area contributed by atoms with Crippen molar-refractivity contribution in [3.05, 3.63) is 40.0 Å². The van der Waals surface area contributed by atoms with E-state index in [2.05, 4.69) is 41.2 Å². The number of nitrogens with one attached hydrogen (secondary N) is 1. The van der Waals surface area contributed by atoms with Crippen molar-refractivity contribution in [3.8, 4) is 0 Å². The molecule has 6 nitrogen and oxygen atoms in total. The zero-order chi connectivity index (χ0) is 17.5. The second-order valence-corrected chi connectivity index (χ2v) is 9.99. The highest BCUT2D eigenvalue weighted by Gasteiger charge is 2.22. The molecule has 2 heterocycles. The van der Waals surface area contributed by atoms with Gasteiger partial charge in [-0.25, -0.2) is 9.97 Å². The van der Waals surface area contributed by atoms with Gasteiger partial charge in [0, 0.05) is 12.4 Å². The van der Waals surface area contributed by atoms with Crippen molar-refractivity contribution < 1.29 is 4.57 Å². The number of fused-ring (bicyclic) bond motifs is 1. The summed E-state index contributed by atoms with van der Waals surface area (Å²) in [5, 5.41) is 3.93. The lowest BCUT2D eigenvalue weighted by atomic mass is 10.2. The molecule has 0 aliphatic carbocycles. The molecule has 0 unspecified atom stereocenters. The molecule has 0 fully saturated rings. The van der Waals surface area contributed by atoms with Crippen LogP contribution in [-0.4, -0.2) is 33.3 Å². The topological polar surface area (TPSA) is 80.7 Å². The number of rotatable bonds is 3. The highest BCUT2D eigenvalue weighted by Crippen LogP contribution is 2.41. The van der Waals surface area contributed by atoms with Gasteiger partial charge in [-0.05, 0) is 59.9 Å². The number of benzene rings is 1. The predicted molar refractivity (Wildman–Crippen MR) is 101 cm³/mol. The Morgan fingerprint density at radius 1 is 1.17 bits per heavy atom. The summed E-state index contributed by atoms with van der Waals surface area (Å²) < 4.78 is 13.5. The van der Waals surface area contributed by atoms with Crippen LogP contribution in [0.15, 0.2) is 29.0 Å². The fraction of sp³-hybridized carbons (Fsp3) is 0.200. The van der Waals surface area contributed by atoms with Gasteiger partial charge >= 0.3 is 0 Å². The number of aromatic nitrogens is 4. The first-order chi connectivity index (χ1) is 11.3. The summed E-state index contributed by atoms with van der Waals surface area (Å²) in [4.78, 5) is 17.0. The van der Waals surface area contributed by atoms with Gasteiger partial charge in [0.25, 0.3) is 0 Å². The molecule has 0 atom stereocenters. The molecule has 24 heavy (non-hydrogen) atoms. The maximum Gasteiger partial charge on any atom is 0.224 e. The smallest absolute Gasteiger partial charge is 0.224 e. The zero-order valence-electron chi connectivity index (χ0n) is 13.2. The first-order valence-corrected chi connectivity index (χ1v) is 10.8. The first-order valence-electron chi connectivity index (χ1n) is 7.02. The van der Waals surface area contributed by atoms with Gasteiger partial charge in [0.15, 0.2) is 0 Å². The minimum atomic E-state index is -2.64. The summed E-state index contributed by atoms with van der Waals surface area (Å²) in [6.45, 7) is 5.28. The predicted octanol–water partition coefficient (Wildman–Crippen LogP) is 4.14. The van der Waals surface area contributed by atoms with Gasteiger partial charge < -0.3 is 9.88 Å². The average Bonchev–Trinajstić information content (AvgIpc) is 2.49. The van der Waals surface area contributed by atoms with E-state index < -0.39 is 7.14 Å². The Labute approximate surface area is 152 Å². The van der Waals surface area contributed by atoms with E-state index in [1.54, 1.807) is 25.7 Å². The van der Waals surface area contributed by atoms with E-state index in [4.69, 9.17) is 11.6 Å². The van der Waals surface area contributed by atoms with Gasteiger partial charge in [-0.1, -0.05) is 0 Å². The molecule has 2 aromatic heterocycles. The third-order valence-corrected chi connectivity index (χ3v) is 5.61. The molecule has 1 N–H and O–H groups in total. The zero-order valence-corrected chi connectivity index (χ0v) is 16.4. The van der Waals surface area contributed by atoms with Gasteiger partial charge in [0.2, 0.25) is 5.28 Å². The molecule has 124 valence electrons. The van der Waals surface area contributed by atoms with Gasteiger partial charge in [0.05, 0.1) is 26.7 Å². The normalized spacial score (nSPS) is 11.7. The first kappa shape index (κ1) is 17.3. The van der Waals surface area contributed by atoms with Crippen LogP contribution in [0, 0.1) is 6.92 Å². The maximum atomic E-state index is 12.9. The van der Waals surface area contributed by atoms with Crippen molar-refractivity contribution in [1.82, 2.24) is 19.9 Å². The van der Waals surface area contributed by atoms with Gasteiger partial charge in [-0.15, -0.1) is 0 Å². The van der Waals surface area contributed by atoms with E-state index in [0.29, 0.717) is 32.3 Å². The minimum Gasteiger partial charge on any atom is -0.338 e. The molecular weight excluding hydrogens is 413 g/mol. The van der Waals surface area contributed by atoms with Crippen LogP contribution in [0.3, 0.4) is 0 Å². The number of halogens is 2. The number of anilines is 2. The van der Waals surface area contributed by atoms with Gasteiger partial charge in [-0.3, -0.25) is 4.98 Å². The standard InChI is InChI=1S/C15H14BrClN5OP/c1-8-6-18-12-10(20-8)4-5-11(13(12)24(2,3)23)21-14-9(16)7-19-15(17)22-14/h4-7H,1-3H3,(H,19,21,22). The third kappa shape index (κ3) is 3.43. The molecule has 0 saturated heterocycles. The molecule has 1 aromatic carbocycles. The third-order valence-electron chi connectivity index (χ3n) is 3.31. The summed E-state index contributed by atoms with van der Waals surface area (Å²) in [5.41, 5.74) is 2.79. The number of aryl methyl sites for hydroxylation is 1. The van der Waals surface area contributed by atoms with Crippen LogP contribution in [0.1, 0.15) is 5.69 Å². The Bertz CT molecular complexity index is 991. The molecule has 0 aliphatic heterocycles. The van der Waals surface area contributed by atoms with Gasteiger partial charge in [-0.2, -0.15) is 4.98 Å². The number of hydrogen-bond donors (Lipinski definition) is 1. The largest absolute Gasteiger partial charge is 0.338 e. The molecular formula is C15H14BrClN5OP. The van der Waals surface area contributed by atoms with Crippen molar-refractivity contribution in [1.29, 1.82) is 0 Å². The van der Waals surface area contributed by atoms with Crippen molar-refractivity contribution >= 4 is 62.5 Å².